The Morgan fingerprint density at radius 1 is 1.07 bits per heavy atom. The Hall–Kier alpha value is -2.88. The van der Waals surface area contributed by atoms with Gasteiger partial charge in [-0.2, -0.15) is 0 Å². The van der Waals surface area contributed by atoms with Gasteiger partial charge in [0.25, 0.3) is 0 Å². The van der Waals surface area contributed by atoms with Gasteiger partial charge in [-0.25, -0.2) is 0 Å². The van der Waals surface area contributed by atoms with Crippen molar-refractivity contribution in [2.45, 2.75) is 45.6 Å². The van der Waals surface area contributed by atoms with Gasteiger partial charge in [0.1, 0.15) is 0 Å². The number of benzene rings is 2. The van der Waals surface area contributed by atoms with Crippen molar-refractivity contribution in [3.63, 3.8) is 0 Å². The van der Waals surface area contributed by atoms with E-state index in [2.05, 4.69) is 31.3 Å². The number of nitrogens with zero attached hydrogens (tertiary/aromatic N) is 1. The third-order valence-corrected chi connectivity index (χ3v) is 5.49. The van der Waals surface area contributed by atoms with Gasteiger partial charge in [0.2, 0.25) is 11.8 Å². The Kier molecular flexibility index (Phi) is 7.23. The molecule has 2 amide bonds. The summed E-state index contributed by atoms with van der Waals surface area (Å²) in [4.78, 5) is 26.6. The zero-order valence-corrected chi connectivity index (χ0v) is 17.4. The highest BCUT2D eigenvalue weighted by molar-refractivity contribution is 5.92. The van der Waals surface area contributed by atoms with E-state index in [9.17, 15) is 9.59 Å². The van der Waals surface area contributed by atoms with Crippen molar-refractivity contribution in [2.24, 2.45) is 0 Å². The Morgan fingerprint density at radius 2 is 1.79 bits per heavy atom. The van der Waals surface area contributed by atoms with Crippen molar-refractivity contribution in [3.05, 3.63) is 76.9 Å². The van der Waals surface area contributed by atoms with Crippen molar-refractivity contribution in [2.75, 3.05) is 13.1 Å². The maximum Gasteiger partial charge on any atom is 0.246 e. The third kappa shape index (κ3) is 6.31. The van der Waals surface area contributed by atoms with Crippen LogP contribution in [-0.2, 0) is 16.0 Å². The van der Waals surface area contributed by atoms with E-state index < -0.39 is 0 Å². The predicted molar refractivity (Wildman–Crippen MR) is 117 cm³/mol. The zero-order chi connectivity index (χ0) is 20.6. The van der Waals surface area contributed by atoms with Crippen LogP contribution < -0.4 is 5.32 Å². The molecule has 4 heteroatoms. The van der Waals surface area contributed by atoms with Gasteiger partial charge in [-0.1, -0.05) is 54.1 Å². The molecule has 152 valence electrons. The first-order chi connectivity index (χ1) is 14.0. The molecule has 0 aliphatic carbocycles. The number of likely N-dealkylation sites (tertiary alicyclic amines) is 1. The van der Waals surface area contributed by atoms with Crippen molar-refractivity contribution < 1.29 is 9.59 Å². The fourth-order valence-electron chi connectivity index (χ4n) is 3.73. The van der Waals surface area contributed by atoms with Crippen LogP contribution in [0.3, 0.4) is 0 Å². The fourth-order valence-corrected chi connectivity index (χ4v) is 3.73. The fraction of sp³-hybridized carbons (Fsp3) is 0.360. The topological polar surface area (TPSA) is 49.4 Å². The molecule has 1 heterocycles. The van der Waals surface area contributed by atoms with Crippen LogP contribution in [0.4, 0.5) is 0 Å². The van der Waals surface area contributed by atoms with Crippen LogP contribution in [0, 0.1) is 13.8 Å². The highest BCUT2D eigenvalue weighted by atomic mass is 16.2. The maximum atomic E-state index is 12.5. The van der Waals surface area contributed by atoms with Gasteiger partial charge in [0.05, 0.1) is 0 Å². The summed E-state index contributed by atoms with van der Waals surface area (Å²) in [5.74, 6) is 0.132. The first-order valence-corrected chi connectivity index (χ1v) is 10.4. The number of piperidine rings is 1. The first-order valence-electron chi connectivity index (χ1n) is 10.4. The Bertz CT molecular complexity index is 866. The highest BCUT2D eigenvalue weighted by Gasteiger charge is 2.22. The largest absolute Gasteiger partial charge is 0.353 e. The van der Waals surface area contributed by atoms with Gasteiger partial charge in [0.15, 0.2) is 0 Å². The number of amides is 2. The van der Waals surface area contributed by atoms with Gasteiger partial charge in [-0.3, -0.25) is 9.59 Å². The molecule has 4 nitrogen and oxygen atoms in total. The molecule has 0 aromatic heterocycles. The minimum absolute atomic E-state index is 0.0406. The lowest BCUT2D eigenvalue weighted by Gasteiger charge is -2.31. The van der Waals surface area contributed by atoms with Crippen LogP contribution in [0.25, 0.3) is 6.08 Å². The van der Waals surface area contributed by atoms with E-state index in [1.165, 1.54) is 16.7 Å². The normalized spacial score (nSPS) is 14.9. The molecule has 1 saturated heterocycles. The van der Waals surface area contributed by atoms with Gasteiger partial charge in [-0.15, -0.1) is 0 Å². The number of carbonyl (C=O) groups excluding carboxylic acids is 2. The van der Waals surface area contributed by atoms with Gasteiger partial charge >= 0.3 is 0 Å². The summed E-state index contributed by atoms with van der Waals surface area (Å²) in [5, 5.41) is 3.12. The molecule has 3 rings (SSSR count). The molecular weight excluding hydrogens is 360 g/mol. The SMILES string of the molecule is Cc1ccc(C=CC(=O)N2CCC(NC(=O)CCc3ccccc3)CC2)c(C)c1. The second-order valence-electron chi connectivity index (χ2n) is 7.85. The molecule has 0 radical (unpaired) electrons. The van der Waals surface area contributed by atoms with Gasteiger partial charge in [-0.05, 0) is 55.9 Å². The number of rotatable bonds is 6. The van der Waals surface area contributed by atoms with Crippen molar-refractivity contribution >= 4 is 17.9 Å². The standard InChI is InChI=1S/C25H30N2O2/c1-19-8-10-22(20(2)18-19)11-13-25(29)27-16-14-23(15-17-27)26-24(28)12-9-21-6-4-3-5-7-21/h3-8,10-11,13,18,23H,9,12,14-17H2,1-2H3,(H,26,28). The molecule has 29 heavy (non-hydrogen) atoms. The minimum atomic E-state index is 0.0406. The van der Waals surface area contributed by atoms with Crippen LogP contribution >= 0.6 is 0 Å². The molecule has 0 bridgehead atoms. The summed E-state index contributed by atoms with van der Waals surface area (Å²) in [6.45, 7) is 5.48. The molecule has 2 aromatic rings. The van der Waals surface area contributed by atoms with Gasteiger partial charge in [0, 0.05) is 31.6 Å². The van der Waals surface area contributed by atoms with E-state index in [1.54, 1.807) is 6.08 Å². The van der Waals surface area contributed by atoms with E-state index in [4.69, 9.17) is 0 Å². The van der Waals surface area contributed by atoms with E-state index in [0.29, 0.717) is 19.5 Å². The first kappa shape index (κ1) is 20.8. The van der Waals surface area contributed by atoms with E-state index in [1.807, 2.05) is 47.4 Å². The molecular formula is C25H30N2O2. The van der Waals surface area contributed by atoms with Crippen LogP contribution in [0.1, 0.15) is 41.5 Å². The molecule has 0 spiro atoms. The Labute approximate surface area is 173 Å². The molecule has 1 fully saturated rings. The molecule has 2 aromatic carbocycles. The van der Waals surface area contributed by atoms with Crippen LogP contribution in [-0.4, -0.2) is 35.8 Å². The summed E-state index contributed by atoms with van der Waals surface area (Å²) >= 11 is 0. The van der Waals surface area contributed by atoms with Crippen molar-refractivity contribution in [3.8, 4) is 0 Å². The summed E-state index contributed by atoms with van der Waals surface area (Å²) in [6, 6.07) is 16.4. The summed E-state index contributed by atoms with van der Waals surface area (Å²) in [5.41, 5.74) is 4.65. The number of aryl methyl sites for hydroxylation is 3. The molecule has 1 N–H and O–H groups in total. The van der Waals surface area contributed by atoms with E-state index in [-0.39, 0.29) is 17.9 Å². The lowest BCUT2D eigenvalue weighted by atomic mass is 10.0. The second-order valence-corrected chi connectivity index (χ2v) is 7.85. The number of hydrogen-bond donors (Lipinski definition) is 1. The van der Waals surface area contributed by atoms with Crippen LogP contribution in [0.15, 0.2) is 54.6 Å². The predicted octanol–water partition coefficient (Wildman–Crippen LogP) is 4.06. The zero-order valence-electron chi connectivity index (χ0n) is 17.4. The molecule has 0 saturated carbocycles. The van der Waals surface area contributed by atoms with Gasteiger partial charge < -0.3 is 10.2 Å². The van der Waals surface area contributed by atoms with Crippen molar-refractivity contribution in [1.29, 1.82) is 0 Å². The molecule has 0 atom stereocenters. The van der Waals surface area contributed by atoms with E-state index >= 15 is 0 Å². The second kappa shape index (κ2) is 10.1. The van der Waals surface area contributed by atoms with Crippen LogP contribution in [0.2, 0.25) is 0 Å². The molecule has 1 aliphatic rings. The maximum absolute atomic E-state index is 12.5. The molecule has 1 aliphatic heterocycles. The van der Waals surface area contributed by atoms with Crippen LogP contribution in [0.5, 0.6) is 0 Å². The molecule has 0 unspecified atom stereocenters. The monoisotopic (exact) mass is 390 g/mol. The average molecular weight is 391 g/mol. The summed E-state index contributed by atoms with van der Waals surface area (Å²) in [7, 11) is 0. The third-order valence-electron chi connectivity index (χ3n) is 5.49. The number of nitrogens with one attached hydrogen (secondary N) is 1. The van der Waals surface area contributed by atoms with Crippen molar-refractivity contribution in [1.82, 2.24) is 10.2 Å². The number of hydrogen-bond acceptors (Lipinski definition) is 2. The number of carbonyl (C=O) groups is 2. The minimum Gasteiger partial charge on any atom is -0.353 e. The lowest BCUT2D eigenvalue weighted by Crippen LogP contribution is -2.46. The average Bonchev–Trinajstić information content (AvgIpc) is 2.73. The Morgan fingerprint density at radius 3 is 2.48 bits per heavy atom. The quantitative estimate of drug-likeness (QED) is 0.757. The van der Waals surface area contributed by atoms with E-state index in [0.717, 1.165) is 24.8 Å². The smallest absolute Gasteiger partial charge is 0.246 e. The highest BCUT2D eigenvalue weighted by Crippen LogP contribution is 2.15. The summed E-state index contributed by atoms with van der Waals surface area (Å²) < 4.78 is 0. The lowest BCUT2D eigenvalue weighted by molar-refractivity contribution is -0.127. The Balaban J connectivity index is 1.42. The summed E-state index contributed by atoms with van der Waals surface area (Å²) in [6.07, 6.45) is 6.43.